The van der Waals surface area contributed by atoms with Gasteiger partial charge in [-0.3, -0.25) is 4.79 Å². The van der Waals surface area contributed by atoms with E-state index < -0.39 is 0 Å². The number of nitrogens with one attached hydrogen (secondary N) is 1. The summed E-state index contributed by atoms with van der Waals surface area (Å²) in [5.41, 5.74) is 3.84. The Morgan fingerprint density at radius 3 is 2.53 bits per heavy atom. The number of rotatable bonds is 8. The Kier molecular flexibility index (Phi) is 6.74. The maximum absolute atomic E-state index is 12.0. The Labute approximate surface area is 192 Å². The lowest BCUT2D eigenvalue weighted by molar-refractivity contribution is -0.122. The van der Waals surface area contributed by atoms with Crippen molar-refractivity contribution in [2.24, 2.45) is 0 Å². The highest BCUT2D eigenvalue weighted by Crippen LogP contribution is 2.28. The number of nitrogens with zero attached hydrogens (tertiary/aromatic N) is 4. The van der Waals surface area contributed by atoms with Crippen molar-refractivity contribution in [2.45, 2.75) is 57.3 Å². The third-order valence-electron chi connectivity index (χ3n) is 5.08. The van der Waals surface area contributed by atoms with E-state index in [1.54, 1.807) is 11.8 Å². The van der Waals surface area contributed by atoms with Crippen molar-refractivity contribution in [3.05, 3.63) is 60.2 Å². The van der Waals surface area contributed by atoms with E-state index in [1.807, 2.05) is 39.0 Å². The predicted molar refractivity (Wildman–Crippen MR) is 131 cm³/mol. The van der Waals surface area contributed by atoms with Crippen molar-refractivity contribution < 1.29 is 4.79 Å². The molecule has 0 bridgehead atoms. The zero-order valence-corrected chi connectivity index (χ0v) is 19.7. The minimum absolute atomic E-state index is 0.104. The van der Waals surface area contributed by atoms with Crippen LogP contribution in [0.4, 0.5) is 0 Å². The molecule has 4 rings (SSSR count). The number of hydrogen-bond donors (Lipinski definition) is 1. The summed E-state index contributed by atoms with van der Waals surface area (Å²) in [7, 11) is 0. The SMILES string of the molecule is CC(C)(C)NC(=O)CCCCSc1nnc2c3ccccc3n(Cc3ccccc3)c2n1. The third kappa shape index (κ3) is 5.46. The average Bonchev–Trinajstić information content (AvgIpc) is 3.06. The normalized spacial score (nSPS) is 11.8. The van der Waals surface area contributed by atoms with Gasteiger partial charge in [0.05, 0.1) is 5.52 Å². The lowest BCUT2D eigenvalue weighted by Gasteiger charge is -2.20. The Morgan fingerprint density at radius 1 is 1.00 bits per heavy atom. The van der Waals surface area contributed by atoms with Crippen LogP contribution in [0.2, 0.25) is 0 Å². The van der Waals surface area contributed by atoms with Crippen LogP contribution in [-0.2, 0) is 11.3 Å². The van der Waals surface area contributed by atoms with Crippen LogP contribution in [0.25, 0.3) is 22.1 Å². The van der Waals surface area contributed by atoms with E-state index in [4.69, 9.17) is 4.98 Å². The topological polar surface area (TPSA) is 72.7 Å². The van der Waals surface area contributed by atoms with Gasteiger partial charge in [0.2, 0.25) is 11.1 Å². The van der Waals surface area contributed by atoms with Crippen LogP contribution in [0.1, 0.15) is 45.6 Å². The molecule has 0 saturated carbocycles. The smallest absolute Gasteiger partial charge is 0.220 e. The van der Waals surface area contributed by atoms with E-state index in [-0.39, 0.29) is 11.4 Å². The van der Waals surface area contributed by atoms with Gasteiger partial charge >= 0.3 is 0 Å². The minimum Gasteiger partial charge on any atom is -0.352 e. The first-order chi connectivity index (χ1) is 15.4. The second-order valence-electron chi connectivity index (χ2n) is 8.96. The van der Waals surface area contributed by atoms with Gasteiger partial charge in [0.25, 0.3) is 0 Å². The summed E-state index contributed by atoms with van der Waals surface area (Å²) in [5.74, 6) is 0.960. The van der Waals surface area contributed by atoms with Gasteiger partial charge < -0.3 is 9.88 Å². The molecule has 0 unspecified atom stereocenters. The second kappa shape index (κ2) is 9.69. The molecule has 4 aromatic rings. The second-order valence-corrected chi connectivity index (χ2v) is 10.0. The number of hydrogen-bond acceptors (Lipinski definition) is 5. The molecule has 166 valence electrons. The van der Waals surface area contributed by atoms with Crippen molar-refractivity contribution in [1.82, 2.24) is 25.1 Å². The molecule has 2 aromatic carbocycles. The van der Waals surface area contributed by atoms with E-state index in [2.05, 4.69) is 56.5 Å². The lowest BCUT2D eigenvalue weighted by atomic mass is 10.1. The van der Waals surface area contributed by atoms with Crippen LogP contribution in [0.15, 0.2) is 59.8 Å². The van der Waals surface area contributed by atoms with Crippen molar-refractivity contribution in [2.75, 3.05) is 5.75 Å². The van der Waals surface area contributed by atoms with Gasteiger partial charge in [0, 0.05) is 29.6 Å². The first-order valence-corrected chi connectivity index (χ1v) is 12.0. The number of fused-ring (bicyclic) bond motifs is 3. The van der Waals surface area contributed by atoms with Crippen molar-refractivity contribution in [1.29, 1.82) is 0 Å². The summed E-state index contributed by atoms with van der Waals surface area (Å²) >= 11 is 1.60. The highest BCUT2D eigenvalue weighted by atomic mass is 32.2. The summed E-state index contributed by atoms with van der Waals surface area (Å²) < 4.78 is 2.22. The Morgan fingerprint density at radius 2 is 1.75 bits per heavy atom. The molecule has 0 aliphatic heterocycles. The van der Waals surface area contributed by atoms with Gasteiger partial charge in [0.1, 0.15) is 5.52 Å². The maximum atomic E-state index is 12.0. The van der Waals surface area contributed by atoms with Gasteiger partial charge in [-0.1, -0.05) is 60.3 Å². The van der Waals surface area contributed by atoms with E-state index in [0.29, 0.717) is 11.6 Å². The quantitative estimate of drug-likeness (QED) is 0.297. The molecule has 1 amide bonds. The third-order valence-corrected chi connectivity index (χ3v) is 6.01. The van der Waals surface area contributed by atoms with Crippen molar-refractivity contribution in [3.63, 3.8) is 0 Å². The maximum Gasteiger partial charge on any atom is 0.220 e. The zero-order valence-electron chi connectivity index (χ0n) is 18.8. The summed E-state index contributed by atoms with van der Waals surface area (Å²) in [5, 5.41) is 13.6. The number of amides is 1. The molecule has 7 heteroatoms. The number of carbonyl (C=O) groups excluding carboxylic acids is 1. The number of thioether (sulfide) groups is 1. The Hall–Kier alpha value is -2.93. The molecule has 32 heavy (non-hydrogen) atoms. The first kappa shape index (κ1) is 22.3. The molecule has 0 aliphatic carbocycles. The first-order valence-electron chi connectivity index (χ1n) is 11.0. The Bertz CT molecular complexity index is 1210. The molecular formula is C25H29N5OS. The predicted octanol–water partition coefficient (Wildman–Crippen LogP) is 5.20. The van der Waals surface area contributed by atoms with Gasteiger partial charge in [-0.25, -0.2) is 4.98 Å². The molecule has 0 fully saturated rings. The van der Waals surface area contributed by atoms with Crippen LogP contribution in [-0.4, -0.2) is 36.9 Å². The molecule has 1 N–H and O–H groups in total. The molecule has 2 heterocycles. The monoisotopic (exact) mass is 447 g/mol. The van der Waals surface area contributed by atoms with E-state index in [9.17, 15) is 4.79 Å². The fraction of sp³-hybridized carbons (Fsp3) is 0.360. The van der Waals surface area contributed by atoms with Gasteiger partial charge in [-0.2, -0.15) is 0 Å². The van der Waals surface area contributed by atoms with Gasteiger partial charge in [-0.05, 0) is 45.2 Å². The number of aromatic nitrogens is 4. The molecule has 0 spiro atoms. The summed E-state index contributed by atoms with van der Waals surface area (Å²) in [6.45, 7) is 6.73. The zero-order chi connectivity index (χ0) is 22.6. The summed E-state index contributed by atoms with van der Waals surface area (Å²) in [6.07, 6.45) is 2.32. The Balaban J connectivity index is 1.47. The van der Waals surface area contributed by atoms with E-state index >= 15 is 0 Å². The van der Waals surface area contributed by atoms with E-state index in [1.165, 1.54) is 5.56 Å². The lowest BCUT2D eigenvalue weighted by Crippen LogP contribution is -2.40. The number of benzene rings is 2. The molecule has 6 nitrogen and oxygen atoms in total. The molecular weight excluding hydrogens is 418 g/mol. The number of unbranched alkanes of at least 4 members (excludes halogenated alkanes) is 1. The van der Waals surface area contributed by atoms with Gasteiger partial charge in [0.15, 0.2) is 5.65 Å². The van der Waals surface area contributed by atoms with Crippen molar-refractivity contribution in [3.8, 4) is 0 Å². The minimum atomic E-state index is -0.182. The van der Waals surface area contributed by atoms with Crippen LogP contribution >= 0.6 is 11.8 Å². The average molecular weight is 448 g/mol. The van der Waals surface area contributed by atoms with E-state index in [0.717, 1.165) is 47.2 Å². The number of carbonyl (C=O) groups is 1. The largest absolute Gasteiger partial charge is 0.352 e. The van der Waals surface area contributed by atoms with Crippen LogP contribution in [0.5, 0.6) is 0 Å². The molecule has 0 radical (unpaired) electrons. The molecule has 0 saturated heterocycles. The summed E-state index contributed by atoms with van der Waals surface area (Å²) in [6, 6.07) is 18.6. The van der Waals surface area contributed by atoms with Crippen LogP contribution in [0, 0.1) is 0 Å². The molecule has 0 atom stereocenters. The van der Waals surface area contributed by atoms with Crippen LogP contribution in [0.3, 0.4) is 0 Å². The highest BCUT2D eigenvalue weighted by Gasteiger charge is 2.16. The highest BCUT2D eigenvalue weighted by molar-refractivity contribution is 7.99. The van der Waals surface area contributed by atoms with Gasteiger partial charge in [-0.15, -0.1) is 10.2 Å². The fourth-order valence-corrected chi connectivity index (χ4v) is 4.49. The molecule has 0 aliphatic rings. The standard InChI is InChI=1S/C25H29N5OS/c1-25(2,3)27-21(31)15-9-10-16-32-24-26-23-22(28-29-24)19-13-7-8-14-20(19)30(23)17-18-11-5-4-6-12-18/h4-8,11-14H,9-10,15-17H2,1-3H3,(H,27,31). The van der Waals surface area contributed by atoms with Crippen molar-refractivity contribution >= 4 is 39.7 Å². The van der Waals surface area contributed by atoms with Crippen LogP contribution < -0.4 is 5.32 Å². The number of para-hydroxylation sites is 1. The molecule has 2 aromatic heterocycles. The fourth-order valence-electron chi connectivity index (χ4n) is 3.71. The summed E-state index contributed by atoms with van der Waals surface area (Å²) in [4.78, 5) is 16.8.